The predicted molar refractivity (Wildman–Crippen MR) is 256 cm³/mol. The molecule has 0 saturated carbocycles. The van der Waals surface area contributed by atoms with Crippen molar-refractivity contribution < 1.29 is 28.6 Å². The van der Waals surface area contributed by atoms with Crippen LogP contribution in [-0.4, -0.2) is 37.2 Å². The number of unbranched alkanes of at least 4 members (excludes halogenated alkanes) is 33. The molecule has 6 nitrogen and oxygen atoms in total. The summed E-state index contributed by atoms with van der Waals surface area (Å²) in [6.07, 6.45) is 48.0. The molecule has 0 saturated heterocycles. The van der Waals surface area contributed by atoms with Crippen molar-refractivity contribution in [3.8, 4) is 0 Å². The summed E-state index contributed by atoms with van der Waals surface area (Å²) in [5.41, 5.74) is 0. The van der Waals surface area contributed by atoms with Crippen molar-refractivity contribution in [2.24, 2.45) is 11.8 Å². The molecule has 0 heterocycles. The summed E-state index contributed by atoms with van der Waals surface area (Å²) in [7, 11) is 0. The second-order valence-corrected chi connectivity index (χ2v) is 19.5. The van der Waals surface area contributed by atoms with Gasteiger partial charge >= 0.3 is 17.9 Å². The van der Waals surface area contributed by atoms with E-state index in [4.69, 9.17) is 14.2 Å². The lowest BCUT2D eigenvalue weighted by Gasteiger charge is -2.18. The third kappa shape index (κ3) is 47.5. The maximum absolute atomic E-state index is 12.8. The van der Waals surface area contributed by atoms with E-state index in [1.807, 2.05) is 0 Å². The molecule has 0 aliphatic heterocycles. The number of rotatable bonds is 48. The van der Waals surface area contributed by atoms with Gasteiger partial charge < -0.3 is 14.2 Å². The third-order valence-electron chi connectivity index (χ3n) is 12.2. The lowest BCUT2D eigenvalue weighted by molar-refractivity contribution is -0.167. The summed E-state index contributed by atoms with van der Waals surface area (Å²) >= 11 is 0. The van der Waals surface area contributed by atoms with Crippen molar-refractivity contribution in [1.82, 2.24) is 0 Å². The number of esters is 3. The topological polar surface area (TPSA) is 78.9 Å². The zero-order valence-electron chi connectivity index (χ0n) is 41.1. The average molecular weight is 849 g/mol. The van der Waals surface area contributed by atoms with E-state index in [9.17, 15) is 14.4 Å². The molecule has 0 radical (unpaired) electrons. The molecule has 0 N–H and O–H groups in total. The molecule has 60 heavy (non-hydrogen) atoms. The Hall–Kier alpha value is -1.59. The Morgan fingerprint density at radius 1 is 0.317 bits per heavy atom. The Morgan fingerprint density at radius 3 is 0.817 bits per heavy atom. The summed E-state index contributed by atoms with van der Waals surface area (Å²) in [4.78, 5) is 38.0. The van der Waals surface area contributed by atoms with Gasteiger partial charge in [0.15, 0.2) is 6.10 Å². The summed E-state index contributed by atoms with van der Waals surface area (Å²) in [6, 6.07) is 0. The molecular weight excluding hydrogens is 745 g/mol. The van der Waals surface area contributed by atoms with Gasteiger partial charge in [-0.1, -0.05) is 259 Å². The highest BCUT2D eigenvalue weighted by atomic mass is 16.6. The minimum absolute atomic E-state index is 0.0635. The third-order valence-corrected chi connectivity index (χ3v) is 12.2. The van der Waals surface area contributed by atoms with Crippen LogP contribution in [-0.2, 0) is 28.6 Å². The first-order valence-electron chi connectivity index (χ1n) is 26.7. The highest BCUT2D eigenvalue weighted by Crippen LogP contribution is 2.18. The Labute approximate surface area is 374 Å². The standard InChI is InChI=1S/C54H104O6/c1-6-7-8-9-10-11-12-19-24-29-34-39-44-52(55)58-47-51(48-59-53(56)45-40-35-30-26-21-23-28-33-38-43-50(4)5)60-54(57)46-41-36-31-25-20-17-15-13-14-16-18-22-27-32-37-42-49(2)3/h49-51H,6-48H2,1-5H3/t51-/m1/s1. The fourth-order valence-electron chi connectivity index (χ4n) is 8.17. The van der Waals surface area contributed by atoms with E-state index in [0.29, 0.717) is 19.3 Å². The lowest BCUT2D eigenvalue weighted by Crippen LogP contribution is -2.30. The number of hydrogen-bond donors (Lipinski definition) is 0. The smallest absolute Gasteiger partial charge is 0.306 e. The average Bonchev–Trinajstić information content (AvgIpc) is 3.22. The van der Waals surface area contributed by atoms with Gasteiger partial charge in [0.25, 0.3) is 0 Å². The fourth-order valence-corrected chi connectivity index (χ4v) is 8.17. The van der Waals surface area contributed by atoms with Crippen LogP contribution in [0.1, 0.15) is 298 Å². The predicted octanol–water partition coefficient (Wildman–Crippen LogP) is 17.3. The maximum atomic E-state index is 12.8. The largest absolute Gasteiger partial charge is 0.462 e. The molecule has 0 rings (SSSR count). The molecule has 356 valence electrons. The number of hydrogen-bond acceptors (Lipinski definition) is 6. The molecule has 0 bridgehead atoms. The van der Waals surface area contributed by atoms with E-state index in [0.717, 1.165) is 69.6 Å². The Morgan fingerprint density at radius 2 is 0.550 bits per heavy atom. The highest BCUT2D eigenvalue weighted by Gasteiger charge is 2.19. The van der Waals surface area contributed by atoms with Crippen LogP contribution in [0.25, 0.3) is 0 Å². The Kier molecular flexibility index (Phi) is 45.7. The molecule has 0 spiro atoms. The summed E-state index contributed by atoms with van der Waals surface area (Å²) in [5, 5.41) is 0. The van der Waals surface area contributed by atoms with Gasteiger partial charge in [-0.15, -0.1) is 0 Å². The summed E-state index contributed by atoms with van der Waals surface area (Å²) < 4.78 is 16.8. The summed E-state index contributed by atoms with van der Waals surface area (Å²) in [6.45, 7) is 11.4. The van der Waals surface area contributed by atoms with Crippen molar-refractivity contribution in [2.45, 2.75) is 304 Å². The van der Waals surface area contributed by atoms with E-state index >= 15 is 0 Å². The van der Waals surface area contributed by atoms with Crippen LogP contribution in [0.3, 0.4) is 0 Å². The van der Waals surface area contributed by atoms with Crippen LogP contribution in [0.5, 0.6) is 0 Å². The van der Waals surface area contributed by atoms with Crippen molar-refractivity contribution in [3.63, 3.8) is 0 Å². The normalized spacial score (nSPS) is 12.1. The van der Waals surface area contributed by atoms with E-state index in [2.05, 4.69) is 34.6 Å². The van der Waals surface area contributed by atoms with Crippen LogP contribution < -0.4 is 0 Å². The molecule has 0 aromatic carbocycles. The lowest BCUT2D eigenvalue weighted by atomic mass is 10.0. The second kappa shape index (κ2) is 46.9. The monoisotopic (exact) mass is 849 g/mol. The number of ether oxygens (including phenoxy) is 3. The first-order valence-corrected chi connectivity index (χ1v) is 26.7. The van der Waals surface area contributed by atoms with Crippen molar-refractivity contribution in [2.75, 3.05) is 13.2 Å². The van der Waals surface area contributed by atoms with E-state index in [1.54, 1.807) is 0 Å². The number of carbonyl (C=O) groups excluding carboxylic acids is 3. The van der Waals surface area contributed by atoms with Gasteiger partial charge in [-0.2, -0.15) is 0 Å². The van der Waals surface area contributed by atoms with Gasteiger partial charge in [0.2, 0.25) is 0 Å². The van der Waals surface area contributed by atoms with Crippen molar-refractivity contribution >= 4 is 17.9 Å². The van der Waals surface area contributed by atoms with E-state index < -0.39 is 6.10 Å². The zero-order valence-corrected chi connectivity index (χ0v) is 41.1. The van der Waals surface area contributed by atoms with Crippen molar-refractivity contribution in [3.05, 3.63) is 0 Å². The molecule has 0 amide bonds. The molecule has 0 aliphatic carbocycles. The quantitative estimate of drug-likeness (QED) is 0.0345. The highest BCUT2D eigenvalue weighted by molar-refractivity contribution is 5.71. The first-order chi connectivity index (χ1) is 29.2. The van der Waals surface area contributed by atoms with E-state index in [-0.39, 0.29) is 31.1 Å². The zero-order chi connectivity index (χ0) is 44.0. The maximum Gasteiger partial charge on any atom is 0.306 e. The number of carbonyl (C=O) groups is 3. The van der Waals surface area contributed by atoms with Gasteiger partial charge in [-0.05, 0) is 31.1 Å². The van der Waals surface area contributed by atoms with Crippen LogP contribution in [0.2, 0.25) is 0 Å². The summed E-state index contributed by atoms with van der Waals surface area (Å²) in [5.74, 6) is 0.810. The van der Waals surface area contributed by atoms with Gasteiger partial charge in [0, 0.05) is 19.3 Å². The van der Waals surface area contributed by atoms with Crippen LogP contribution in [0.15, 0.2) is 0 Å². The minimum atomic E-state index is -0.761. The molecular formula is C54H104O6. The Balaban J connectivity index is 4.29. The molecule has 0 aromatic heterocycles. The van der Waals surface area contributed by atoms with Crippen LogP contribution >= 0.6 is 0 Å². The fraction of sp³-hybridized carbons (Fsp3) is 0.944. The van der Waals surface area contributed by atoms with E-state index in [1.165, 1.54) is 186 Å². The second-order valence-electron chi connectivity index (χ2n) is 19.5. The molecule has 6 heteroatoms. The minimum Gasteiger partial charge on any atom is -0.462 e. The van der Waals surface area contributed by atoms with Crippen LogP contribution in [0, 0.1) is 11.8 Å². The van der Waals surface area contributed by atoms with Gasteiger partial charge in [0.05, 0.1) is 0 Å². The van der Waals surface area contributed by atoms with Gasteiger partial charge in [-0.25, -0.2) is 0 Å². The Bertz CT molecular complexity index is 916. The van der Waals surface area contributed by atoms with Gasteiger partial charge in [-0.3, -0.25) is 14.4 Å². The van der Waals surface area contributed by atoms with Crippen LogP contribution in [0.4, 0.5) is 0 Å². The van der Waals surface area contributed by atoms with Gasteiger partial charge in [0.1, 0.15) is 13.2 Å². The molecule has 1 atom stereocenters. The SMILES string of the molecule is CCCCCCCCCCCCCCC(=O)OC[C@H](COC(=O)CCCCCCCCCCCC(C)C)OC(=O)CCCCCCCCCCCCCCCCCC(C)C. The molecule has 0 fully saturated rings. The van der Waals surface area contributed by atoms with Crippen molar-refractivity contribution in [1.29, 1.82) is 0 Å². The molecule has 0 aliphatic rings. The molecule has 0 unspecified atom stereocenters. The first kappa shape index (κ1) is 58.4. The molecule has 0 aromatic rings.